The molecule has 3 heterocycles. The van der Waals surface area contributed by atoms with Crippen molar-refractivity contribution in [2.45, 2.75) is 18.2 Å². The molecule has 1 amide bonds. The first-order valence-corrected chi connectivity index (χ1v) is 8.60. The van der Waals surface area contributed by atoms with Crippen molar-refractivity contribution in [1.82, 2.24) is 4.90 Å². The van der Waals surface area contributed by atoms with E-state index in [-0.39, 0.29) is 19.1 Å². The van der Waals surface area contributed by atoms with E-state index in [0.717, 1.165) is 13.1 Å². The van der Waals surface area contributed by atoms with Crippen LogP contribution in [0.4, 0.5) is 5.69 Å². The maximum absolute atomic E-state index is 13.2. The molecule has 0 bridgehead atoms. The molecule has 0 saturated carbocycles. The van der Waals surface area contributed by atoms with Crippen molar-refractivity contribution in [3.63, 3.8) is 0 Å². The number of anilines is 1. The largest absolute Gasteiger partial charge is 0.379 e. The Morgan fingerprint density at radius 3 is 2.50 bits per heavy atom. The second-order valence-electron chi connectivity index (χ2n) is 7.07. The zero-order valence-corrected chi connectivity index (χ0v) is 14.6. The van der Waals surface area contributed by atoms with Gasteiger partial charge in [0.05, 0.1) is 25.6 Å². The lowest BCUT2D eigenvalue weighted by Gasteiger charge is -2.38. The molecule has 3 aliphatic heterocycles. The Balaban J connectivity index is 1.63. The Labute approximate surface area is 150 Å². The summed E-state index contributed by atoms with van der Waals surface area (Å²) in [4.78, 5) is 27.8. The summed E-state index contributed by atoms with van der Waals surface area (Å²) in [5.41, 5.74) is -0.0460. The molecule has 3 aliphatic rings. The Morgan fingerprint density at radius 1 is 1.19 bits per heavy atom. The topological polar surface area (TPSA) is 94.4 Å². The average molecular weight is 363 g/mol. The fraction of sp³-hybridized carbons (Fsp3) is 0.588. The van der Waals surface area contributed by atoms with Gasteiger partial charge in [-0.1, -0.05) is 18.2 Å². The molecule has 9 nitrogen and oxygen atoms in total. The lowest BCUT2D eigenvalue weighted by Crippen LogP contribution is -2.58. The molecule has 0 radical (unpaired) electrons. The van der Waals surface area contributed by atoms with Crippen LogP contribution in [0.2, 0.25) is 0 Å². The molecule has 4 rings (SSSR count). The predicted molar refractivity (Wildman–Crippen MR) is 90.2 cm³/mol. The number of ether oxygens (including phenoxy) is 3. The molecule has 1 aromatic carbocycles. The minimum Gasteiger partial charge on any atom is -0.379 e. The van der Waals surface area contributed by atoms with E-state index in [1.54, 1.807) is 17.0 Å². The van der Waals surface area contributed by atoms with Crippen LogP contribution in [0, 0.1) is 10.1 Å². The van der Waals surface area contributed by atoms with E-state index in [2.05, 4.69) is 4.90 Å². The third-order valence-electron chi connectivity index (χ3n) is 5.13. The van der Waals surface area contributed by atoms with Gasteiger partial charge in [0.15, 0.2) is 0 Å². The number of hydrogen-bond acceptors (Lipinski definition) is 7. The molecule has 140 valence electrons. The highest BCUT2D eigenvalue weighted by Gasteiger charge is 2.60. The van der Waals surface area contributed by atoms with Crippen LogP contribution in [0.3, 0.4) is 0 Å². The van der Waals surface area contributed by atoms with Crippen molar-refractivity contribution >= 4 is 11.6 Å². The summed E-state index contributed by atoms with van der Waals surface area (Å²) < 4.78 is 16.9. The highest BCUT2D eigenvalue weighted by atomic mass is 16.7. The van der Waals surface area contributed by atoms with Crippen LogP contribution in [0.15, 0.2) is 24.3 Å². The molecule has 2 fully saturated rings. The van der Waals surface area contributed by atoms with E-state index in [1.807, 2.05) is 12.1 Å². The van der Waals surface area contributed by atoms with Crippen molar-refractivity contribution < 1.29 is 23.9 Å². The third kappa shape index (κ3) is 2.59. The van der Waals surface area contributed by atoms with Gasteiger partial charge in [0.1, 0.15) is 13.2 Å². The summed E-state index contributed by atoms with van der Waals surface area (Å²) in [6.07, 6.45) is 0. The average Bonchev–Trinajstić information content (AvgIpc) is 2.88. The van der Waals surface area contributed by atoms with Gasteiger partial charge in [-0.25, -0.2) is 0 Å². The number of amides is 1. The van der Waals surface area contributed by atoms with E-state index in [1.165, 1.54) is 6.92 Å². The number of rotatable bonds is 3. The monoisotopic (exact) mass is 363 g/mol. The number of morpholine rings is 1. The first kappa shape index (κ1) is 17.3. The first-order valence-electron chi connectivity index (χ1n) is 8.60. The third-order valence-corrected chi connectivity index (χ3v) is 5.13. The minimum atomic E-state index is -1.60. The minimum absolute atomic E-state index is 0.189. The van der Waals surface area contributed by atoms with E-state index >= 15 is 0 Å². The van der Waals surface area contributed by atoms with Gasteiger partial charge in [-0.05, 0) is 6.07 Å². The number of carbonyl (C=O) groups is 1. The van der Waals surface area contributed by atoms with Crippen molar-refractivity contribution in [2.24, 2.45) is 0 Å². The second-order valence-corrected chi connectivity index (χ2v) is 7.07. The molecular weight excluding hydrogens is 342 g/mol. The molecule has 0 atom stereocenters. The predicted octanol–water partition coefficient (Wildman–Crippen LogP) is 0.558. The van der Waals surface area contributed by atoms with Gasteiger partial charge < -0.3 is 14.2 Å². The van der Waals surface area contributed by atoms with Gasteiger partial charge in [0, 0.05) is 30.5 Å². The van der Waals surface area contributed by atoms with E-state index in [9.17, 15) is 14.9 Å². The number of para-hydroxylation sites is 1. The number of fused-ring (bicyclic) bond motifs is 2. The number of nitrogens with zero attached hydrogens (tertiary/aromatic N) is 3. The summed E-state index contributed by atoms with van der Waals surface area (Å²) >= 11 is 0. The summed E-state index contributed by atoms with van der Waals surface area (Å²) in [6.45, 7) is 4.21. The van der Waals surface area contributed by atoms with Crippen molar-refractivity contribution in [1.29, 1.82) is 0 Å². The molecule has 0 aliphatic carbocycles. The fourth-order valence-corrected chi connectivity index (χ4v) is 3.45. The van der Waals surface area contributed by atoms with Crippen LogP contribution < -0.4 is 4.90 Å². The normalized spacial score (nSPS) is 32.0. The maximum Gasteiger partial charge on any atom is 0.293 e. The Hall–Kier alpha value is -2.07. The van der Waals surface area contributed by atoms with Crippen LogP contribution in [0.1, 0.15) is 12.5 Å². The van der Waals surface area contributed by atoms with Crippen molar-refractivity contribution in [3.05, 3.63) is 39.9 Å². The lowest BCUT2D eigenvalue weighted by molar-refractivity contribution is -0.590. The van der Waals surface area contributed by atoms with Gasteiger partial charge in [-0.3, -0.25) is 24.7 Å². The van der Waals surface area contributed by atoms with Gasteiger partial charge >= 0.3 is 0 Å². The summed E-state index contributed by atoms with van der Waals surface area (Å²) in [5.74, 6) is -1.94. The van der Waals surface area contributed by atoms with Gasteiger partial charge in [0.2, 0.25) is 0 Å². The Bertz CT molecular complexity index is 725. The highest BCUT2D eigenvalue weighted by molar-refractivity contribution is 6.06. The SMILES string of the molecule is CC1([N+](=O)[O-])COC2(OC1)C(=O)N(CN1CCOCC1)c1ccccc12. The zero-order chi connectivity index (χ0) is 18.4. The van der Waals surface area contributed by atoms with Gasteiger partial charge in [0.25, 0.3) is 17.2 Å². The molecule has 1 spiro atoms. The molecule has 0 unspecified atom stereocenters. The number of nitro groups is 1. The standard InChI is InChI=1S/C17H21N3O6/c1-16(20(22)23)10-25-17(26-11-16)13-4-2-3-5-14(13)19(15(17)21)12-18-6-8-24-9-7-18/h2-5H,6-12H2,1H3. The Kier molecular flexibility index (Phi) is 4.19. The Morgan fingerprint density at radius 2 is 1.85 bits per heavy atom. The van der Waals surface area contributed by atoms with E-state index in [4.69, 9.17) is 14.2 Å². The summed E-state index contributed by atoms with van der Waals surface area (Å²) in [7, 11) is 0. The fourth-order valence-electron chi connectivity index (χ4n) is 3.45. The number of carbonyl (C=O) groups excluding carboxylic acids is 1. The van der Waals surface area contributed by atoms with Crippen LogP contribution in [-0.2, 0) is 24.8 Å². The van der Waals surface area contributed by atoms with Crippen LogP contribution in [0.25, 0.3) is 0 Å². The quantitative estimate of drug-likeness (QED) is 0.572. The lowest BCUT2D eigenvalue weighted by atomic mass is 10.0. The van der Waals surface area contributed by atoms with Crippen LogP contribution >= 0.6 is 0 Å². The molecule has 9 heteroatoms. The van der Waals surface area contributed by atoms with Crippen LogP contribution in [-0.4, -0.2) is 67.5 Å². The number of hydrogen-bond donors (Lipinski definition) is 0. The van der Waals surface area contributed by atoms with E-state index in [0.29, 0.717) is 31.1 Å². The smallest absolute Gasteiger partial charge is 0.293 e. The molecule has 0 aromatic heterocycles. The molecule has 1 aromatic rings. The number of benzene rings is 1. The van der Waals surface area contributed by atoms with E-state index < -0.39 is 16.2 Å². The highest BCUT2D eigenvalue weighted by Crippen LogP contribution is 2.46. The molecule has 26 heavy (non-hydrogen) atoms. The first-order chi connectivity index (χ1) is 12.5. The van der Waals surface area contributed by atoms with Crippen LogP contribution in [0.5, 0.6) is 0 Å². The zero-order valence-electron chi connectivity index (χ0n) is 14.6. The van der Waals surface area contributed by atoms with Crippen molar-refractivity contribution in [2.75, 3.05) is 51.1 Å². The molecular formula is C17H21N3O6. The summed E-state index contributed by atoms with van der Waals surface area (Å²) in [6, 6.07) is 7.28. The molecule has 0 N–H and O–H groups in total. The molecule has 2 saturated heterocycles. The maximum atomic E-state index is 13.2. The van der Waals surface area contributed by atoms with Crippen molar-refractivity contribution in [3.8, 4) is 0 Å². The van der Waals surface area contributed by atoms with Gasteiger partial charge in [-0.15, -0.1) is 0 Å². The summed E-state index contributed by atoms with van der Waals surface area (Å²) in [5, 5.41) is 11.3. The second kappa shape index (κ2) is 6.27. The van der Waals surface area contributed by atoms with Gasteiger partial charge in [-0.2, -0.15) is 0 Å².